The number of likely N-dealkylation sites (tertiary alicyclic amines) is 1. The number of carbonyl (C=O) groups excluding carboxylic acids is 3. The number of methoxy groups -OCH3 is 1. The van der Waals surface area contributed by atoms with Gasteiger partial charge in [0.2, 0.25) is 0 Å². The molecule has 25 heavy (non-hydrogen) atoms. The van der Waals surface area contributed by atoms with Crippen molar-refractivity contribution < 1.29 is 23.9 Å². The van der Waals surface area contributed by atoms with Crippen LogP contribution in [0.5, 0.6) is 5.75 Å². The Hall–Kier alpha value is -2.57. The van der Waals surface area contributed by atoms with Crippen molar-refractivity contribution in [1.29, 1.82) is 0 Å². The van der Waals surface area contributed by atoms with Gasteiger partial charge in [0.15, 0.2) is 0 Å². The first-order chi connectivity index (χ1) is 12.0. The molecule has 1 atom stereocenters. The lowest BCUT2D eigenvalue weighted by Gasteiger charge is -2.31. The molecule has 7 nitrogen and oxygen atoms in total. The molecule has 0 bridgehead atoms. The molecule has 1 aromatic rings. The number of rotatable bonds is 4. The molecule has 0 saturated carbocycles. The fourth-order valence-corrected chi connectivity index (χ4v) is 2.85. The number of amides is 2. The molecule has 136 valence electrons. The highest BCUT2D eigenvalue weighted by molar-refractivity contribution is 6.39. The van der Waals surface area contributed by atoms with Gasteiger partial charge in [0.25, 0.3) is 0 Å². The maximum Gasteiger partial charge on any atom is 0.314 e. The molecule has 2 rings (SSSR count). The van der Waals surface area contributed by atoms with E-state index < -0.39 is 11.8 Å². The fraction of sp³-hybridized carbons (Fsp3) is 0.500. The van der Waals surface area contributed by atoms with Gasteiger partial charge < -0.3 is 19.7 Å². The van der Waals surface area contributed by atoms with E-state index in [0.29, 0.717) is 37.4 Å². The van der Waals surface area contributed by atoms with Crippen molar-refractivity contribution in [3.8, 4) is 5.75 Å². The number of esters is 1. The summed E-state index contributed by atoms with van der Waals surface area (Å²) < 4.78 is 10.2. The third-order valence-corrected chi connectivity index (χ3v) is 4.13. The standard InChI is InChI=1S/C18H24N2O5/c1-4-25-18(23)13-6-5-9-20(11-13)17(22)16(21)19-14-10-12(2)7-8-15(14)24-3/h7-8,10,13H,4-6,9,11H2,1-3H3,(H,19,21). The number of hydrogen-bond acceptors (Lipinski definition) is 5. The Morgan fingerprint density at radius 2 is 2.08 bits per heavy atom. The monoisotopic (exact) mass is 348 g/mol. The number of anilines is 1. The minimum absolute atomic E-state index is 0.204. The van der Waals surface area contributed by atoms with Crippen molar-refractivity contribution in [2.24, 2.45) is 5.92 Å². The van der Waals surface area contributed by atoms with E-state index in [9.17, 15) is 14.4 Å². The predicted molar refractivity (Wildman–Crippen MR) is 92.3 cm³/mol. The number of nitrogens with zero attached hydrogens (tertiary/aromatic N) is 1. The number of hydrogen-bond donors (Lipinski definition) is 1. The summed E-state index contributed by atoms with van der Waals surface area (Å²) in [5.74, 6) is -1.61. The smallest absolute Gasteiger partial charge is 0.314 e. The Kier molecular flexibility index (Phi) is 6.38. The number of nitrogens with one attached hydrogen (secondary N) is 1. The van der Waals surface area contributed by atoms with Crippen LogP contribution < -0.4 is 10.1 Å². The molecule has 1 aromatic carbocycles. The summed E-state index contributed by atoms with van der Waals surface area (Å²) in [5.41, 5.74) is 1.38. The summed E-state index contributed by atoms with van der Waals surface area (Å²) in [5, 5.41) is 2.60. The van der Waals surface area contributed by atoms with E-state index in [0.717, 1.165) is 5.56 Å². The van der Waals surface area contributed by atoms with Crippen molar-refractivity contribution in [3.63, 3.8) is 0 Å². The Balaban J connectivity index is 2.03. The summed E-state index contributed by atoms with van der Waals surface area (Å²) in [6, 6.07) is 5.32. The van der Waals surface area contributed by atoms with Crippen LogP contribution in [-0.2, 0) is 19.1 Å². The highest BCUT2D eigenvalue weighted by Crippen LogP contribution is 2.25. The quantitative estimate of drug-likeness (QED) is 0.662. The molecule has 1 fully saturated rings. The zero-order chi connectivity index (χ0) is 18.4. The van der Waals surface area contributed by atoms with Gasteiger partial charge in [-0.25, -0.2) is 0 Å². The molecule has 1 N–H and O–H groups in total. The number of aryl methyl sites for hydroxylation is 1. The average Bonchev–Trinajstić information content (AvgIpc) is 2.61. The van der Waals surface area contributed by atoms with Gasteiger partial charge >= 0.3 is 17.8 Å². The Morgan fingerprint density at radius 3 is 2.76 bits per heavy atom. The summed E-state index contributed by atoms with van der Waals surface area (Å²) in [4.78, 5) is 38.0. The molecule has 1 saturated heterocycles. The minimum atomic E-state index is -0.742. The second kappa shape index (κ2) is 8.50. The van der Waals surface area contributed by atoms with Gasteiger partial charge in [-0.1, -0.05) is 6.07 Å². The molecule has 1 aliphatic heterocycles. The van der Waals surface area contributed by atoms with Crippen LogP contribution in [-0.4, -0.2) is 49.5 Å². The van der Waals surface area contributed by atoms with Gasteiger partial charge in [0.05, 0.1) is 25.3 Å². The Morgan fingerprint density at radius 1 is 1.32 bits per heavy atom. The van der Waals surface area contributed by atoms with Crippen molar-refractivity contribution in [1.82, 2.24) is 4.90 Å². The molecule has 2 amide bonds. The lowest BCUT2D eigenvalue weighted by molar-refractivity contribution is -0.153. The van der Waals surface area contributed by atoms with E-state index in [-0.39, 0.29) is 18.4 Å². The largest absolute Gasteiger partial charge is 0.495 e. The topological polar surface area (TPSA) is 84.9 Å². The van der Waals surface area contributed by atoms with Gasteiger partial charge in [0.1, 0.15) is 5.75 Å². The summed E-state index contributed by atoms with van der Waals surface area (Å²) in [7, 11) is 1.50. The third-order valence-electron chi connectivity index (χ3n) is 4.13. The van der Waals surface area contributed by atoms with Crippen LogP contribution in [0.25, 0.3) is 0 Å². The van der Waals surface area contributed by atoms with Gasteiger partial charge in [-0.2, -0.15) is 0 Å². The highest BCUT2D eigenvalue weighted by atomic mass is 16.5. The Labute approximate surface area is 147 Å². The van der Waals surface area contributed by atoms with Crippen molar-refractivity contribution in [2.45, 2.75) is 26.7 Å². The molecule has 1 aliphatic rings. The predicted octanol–water partition coefficient (Wildman–Crippen LogP) is 1.74. The van der Waals surface area contributed by atoms with E-state index in [1.54, 1.807) is 19.1 Å². The SMILES string of the molecule is CCOC(=O)C1CCCN(C(=O)C(=O)Nc2cc(C)ccc2OC)C1. The number of piperidine rings is 1. The summed E-state index contributed by atoms with van der Waals surface area (Å²) >= 11 is 0. The third kappa shape index (κ3) is 4.71. The molecule has 1 heterocycles. The maximum absolute atomic E-state index is 12.4. The average molecular weight is 348 g/mol. The molecule has 0 aromatic heterocycles. The van der Waals surface area contributed by atoms with Crippen molar-refractivity contribution in [3.05, 3.63) is 23.8 Å². The molecule has 0 spiro atoms. The lowest BCUT2D eigenvalue weighted by Crippen LogP contribution is -2.47. The first-order valence-electron chi connectivity index (χ1n) is 8.37. The van der Waals surface area contributed by atoms with Crippen LogP contribution in [0.15, 0.2) is 18.2 Å². The lowest BCUT2D eigenvalue weighted by atomic mass is 9.98. The minimum Gasteiger partial charge on any atom is -0.495 e. The van der Waals surface area contributed by atoms with Crippen molar-refractivity contribution >= 4 is 23.5 Å². The fourth-order valence-electron chi connectivity index (χ4n) is 2.85. The number of benzene rings is 1. The van der Waals surface area contributed by atoms with Crippen LogP contribution in [0.2, 0.25) is 0 Å². The zero-order valence-electron chi connectivity index (χ0n) is 14.8. The highest BCUT2D eigenvalue weighted by Gasteiger charge is 2.32. The number of carbonyl (C=O) groups is 3. The van der Waals surface area contributed by atoms with Gasteiger partial charge in [-0.15, -0.1) is 0 Å². The number of ether oxygens (including phenoxy) is 2. The maximum atomic E-state index is 12.4. The molecule has 1 unspecified atom stereocenters. The van der Waals surface area contributed by atoms with Crippen LogP contribution >= 0.6 is 0 Å². The first kappa shape index (κ1) is 18.8. The second-order valence-corrected chi connectivity index (χ2v) is 6.00. The van der Waals surface area contributed by atoms with E-state index in [2.05, 4.69) is 5.32 Å². The van der Waals surface area contributed by atoms with Gasteiger partial charge in [-0.05, 0) is 44.4 Å². The first-order valence-corrected chi connectivity index (χ1v) is 8.37. The van der Waals surface area contributed by atoms with E-state index in [4.69, 9.17) is 9.47 Å². The molecule has 0 radical (unpaired) electrons. The summed E-state index contributed by atoms with van der Waals surface area (Å²) in [6.45, 7) is 4.58. The van der Waals surface area contributed by atoms with Crippen LogP contribution in [0.3, 0.4) is 0 Å². The zero-order valence-corrected chi connectivity index (χ0v) is 14.8. The van der Waals surface area contributed by atoms with Gasteiger partial charge in [0, 0.05) is 13.1 Å². The Bertz CT molecular complexity index is 659. The van der Waals surface area contributed by atoms with Crippen molar-refractivity contribution in [2.75, 3.05) is 32.1 Å². The second-order valence-electron chi connectivity index (χ2n) is 6.00. The summed E-state index contributed by atoms with van der Waals surface area (Å²) in [6.07, 6.45) is 1.33. The van der Waals surface area contributed by atoms with E-state index in [1.807, 2.05) is 13.0 Å². The molecule has 0 aliphatic carbocycles. The van der Waals surface area contributed by atoms with E-state index >= 15 is 0 Å². The molecule has 7 heteroatoms. The van der Waals surface area contributed by atoms with E-state index in [1.165, 1.54) is 12.0 Å². The van der Waals surface area contributed by atoms with Crippen LogP contribution in [0.1, 0.15) is 25.3 Å². The molecular formula is C18H24N2O5. The normalized spacial score (nSPS) is 16.9. The van der Waals surface area contributed by atoms with Crippen LogP contribution in [0.4, 0.5) is 5.69 Å². The van der Waals surface area contributed by atoms with Crippen LogP contribution in [0, 0.1) is 12.8 Å². The van der Waals surface area contributed by atoms with Gasteiger partial charge in [-0.3, -0.25) is 14.4 Å². The molecular weight excluding hydrogens is 324 g/mol.